The molecule has 0 saturated carbocycles. The molecule has 2 unspecified atom stereocenters. The molecule has 3 heterocycles. The van der Waals surface area contributed by atoms with E-state index in [1.807, 2.05) is 146 Å². The van der Waals surface area contributed by atoms with Crippen molar-refractivity contribution in [1.29, 1.82) is 0 Å². The summed E-state index contributed by atoms with van der Waals surface area (Å²) in [5.74, 6) is 1.24. The van der Waals surface area contributed by atoms with Crippen molar-refractivity contribution in [2.45, 2.75) is 49.5 Å². The van der Waals surface area contributed by atoms with E-state index in [-0.39, 0.29) is 37.3 Å². The third-order valence-electron chi connectivity index (χ3n) is 10.7. The van der Waals surface area contributed by atoms with Gasteiger partial charge in [0.25, 0.3) is 0 Å². The smallest absolute Gasteiger partial charge is 0.321 e. The number of hydrogen-bond acceptors (Lipinski definition) is 10. The molecule has 0 aromatic heterocycles. The minimum atomic E-state index is -1.22. The van der Waals surface area contributed by atoms with Crippen molar-refractivity contribution in [3.05, 3.63) is 179 Å². The predicted octanol–water partition coefficient (Wildman–Crippen LogP) is 6.54. The van der Waals surface area contributed by atoms with Crippen molar-refractivity contribution < 1.29 is 48.4 Å². The summed E-state index contributed by atoms with van der Waals surface area (Å²) in [6, 6.07) is 41.2. The van der Waals surface area contributed by atoms with Gasteiger partial charge in [0.05, 0.1) is 24.5 Å². The number of benzene rings is 6. The van der Waals surface area contributed by atoms with E-state index in [1.165, 1.54) is 0 Å². The van der Waals surface area contributed by atoms with E-state index in [9.17, 15) is 24.0 Å². The second kappa shape index (κ2) is 20.3. The number of carboxylic acid groups (broad SMARTS) is 2. The number of fused-ring (bicyclic) bond motifs is 6. The monoisotopic (exact) mass is 878 g/mol. The summed E-state index contributed by atoms with van der Waals surface area (Å²) in [5, 5.41) is 26.2. The third kappa shape index (κ3) is 10.7. The molecule has 6 aromatic carbocycles. The lowest BCUT2D eigenvalue weighted by Gasteiger charge is -2.29. The Labute approximate surface area is 373 Å². The molecule has 3 aliphatic heterocycles. The minimum Gasteiger partial charge on any atom is -0.480 e. The quantitative estimate of drug-likeness (QED) is 0.0729. The van der Waals surface area contributed by atoms with Crippen LogP contribution in [0.25, 0.3) is 0 Å². The molecule has 16 nitrogen and oxygen atoms in total. The first-order chi connectivity index (χ1) is 31.4. The molecule has 11 N–H and O–H groups in total. The van der Waals surface area contributed by atoms with E-state index in [4.69, 9.17) is 41.6 Å². The Bertz CT molecular complexity index is 2590. The Hall–Kier alpha value is -8.21. The molecule has 16 heteroatoms. The van der Waals surface area contributed by atoms with Crippen LogP contribution in [0.5, 0.6) is 34.5 Å². The van der Waals surface area contributed by atoms with E-state index in [0.29, 0.717) is 23.0 Å². The standard InChI is InChI=1S/C18H18N2O4.C17H16N2O4.C14H12N2O2/c19-13(18(22)23)9-10-16(21)20-17-11-5-1-3-7-14(11)24-15-8-4-2-6-12(15)17;18-12(17(21)22)9-15(20)19-16-10-5-1-3-7-13(10)23-14-8-4-2-6-11(14)16;15-14(17)16-13-9-5-1-3-7-11(9)18-12-8-4-2-6-10(12)13/h1-8,13,17H,9-10,19H2,(H,20,21)(H,22,23);1-8,12,16H,9,18H2,(H,19,20)(H,21,22);1-8,13H,(H3,15,16,17). The Balaban J connectivity index is 0.000000147. The lowest BCUT2D eigenvalue weighted by molar-refractivity contribution is -0.140. The van der Waals surface area contributed by atoms with Crippen LogP contribution in [0, 0.1) is 0 Å². The Morgan fingerprint density at radius 2 is 0.723 bits per heavy atom. The molecule has 0 saturated heterocycles. The fourth-order valence-corrected chi connectivity index (χ4v) is 7.49. The summed E-state index contributed by atoms with van der Waals surface area (Å²) in [6.07, 6.45) is -0.139. The molecule has 0 radical (unpaired) electrons. The number of nitrogens with one attached hydrogen (secondary N) is 3. The second-order valence-corrected chi connectivity index (χ2v) is 15.1. The number of ether oxygens (including phenoxy) is 3. The van der Waals surface area contributed by atoms with Gasteiger partial charge in [-0.1, -0.05) is 109 Å². The predicted molar refractivity (Wildman–Crippen MR) is 238 cm³/mol. The number of primary amides is 1. The number of carboxylic acids is 2. The van der Waals surface area contributed by atoms with Gasteiger partial charge in [0.15, 0.2) is 0 Å². The lowest BCUT2D eigenvalue weighted by Crippen LogP contribution is -2.39. The summed E-state index contributed by atoms with van der Waals surface area (Å²) in [6.45, 7) is 0. The number of para-hydroxylation sites is 6. The molecule has 4 amide bonds. The van der Waals surface area contributed by atoms with Crippen LogP contribution in [-0.4, -0.2) is 52.1 Å². The van der Waals surface area contributed by atoms with Gasteiger partial charge >= 0.3 is 18.0 Å². The highest BCUT2D eigenvalue weighted by atomic mass is 16.5. The molecule has 9 rings (SSSR count). The number of amides is 4. The van der Waals surface area contributed by atoms with E-state index in [2.05, 4.69) is 16.0 Å². The fraction of sp³-hybridized carbons (Fsp3) is 0.163. The number of hydrogen-bond donors (Lipinski definition) is 8. The summed E-state index contributed by atoms with van der Waals surface area (Å²) in [7, 11) is 0. The number of carbonyl (C=O) groups is 5. The summed E-state index contributed by atoms with van der Waals surface area (Å²) in [4.78, 5) is 57.1. The first kappa shape index (κ1) is 44.8. The largest absolute Gasteiger partial charge is 0.480 e. The van der Waals surface area contributed by atoms with Gasteiger partial charge < -0.3 is 57.6 Å². The zero-order valence-corrected chi connectivity index (χ0v) is 34.8. The van der Waals surface area contributed by atoms with Crippen molar-refractivity contribution in [3.8, 4) is 34.5 Å². The van der Waals surface area contributed by atoms with Gasteiger partial charge in [0.1, 0.15) is 46.6 Å². The highest BCUT2D eigenvalue weighted by Crippen LogP contribution is 2.45. The molecule has 3 aliphatic rings. The van der Waals surface area contributed by atoms with Crippen LogP contribution in [0.1, 0.15) is 70.8 Å². The van der Waals surface area contributed by atoms with Crippen molar-refractivity contribution in [2.24, 2.45) is 17.2 Å². The van der Waals surface area contributed by atoms with Crippen molar-refractivity contribution >= 4 is 29.8 Å². The van der Waals surface area contributed by atoms with Crippen LogP contribution in [0.4, 0.5) is 4.79 Å². The highest BCUT2D eigenvalue weighted by molar-refractivity contribution is 5.85. The van der Waals surface area contributed by atoms with Gasteiger partial charge in [-0.15, -0.1) is 0 Å². The molecule has 0 fully saturated rings. The Morgan fingerprint density at radius 3 is 1.02 bits per heavy atom. The Morgan fingerprint density at radius 1 is 0.446 bits per heavy atom. The summed E-state index contributed by atoms with van der Waals surface area (Å²) >= 11 is 0. The minimum absolute atomic E-state index is 0.0508. The zero-order chi connectivity index (χ0) is 46.0. The topological polar surface area (TPSA) is 268 Å². The van der Waals surface area contributed by atoms with Crippen LogP contribution >= 0.6 is 0 Å². The summed E-state index contributed by atoms with van der Waals surface area (Å²) in [5.41, 5.74) is 21.3. The van der Waals surface area contributed by atoms with E-state index < -0.39 is 42.0 Å². The van der Waals surface area contributed by atoms with Crippen molar-refractivity contribution in [2.75, 3.05) is 0 Å². The van der Waals surface area contributed by atoms with Crippen LogP contribution in [0.15, 0.2) is 146 Å². The molecular formula is C49H46N6O10. The van der Waals surface area contributed by atoms with Gasteiger partial charge in [-0.05, 0) is 42.8 Å². The molecule has 0 aliphatic carbocycles. The number of carbonyl (C=O) groups excluding carboxylic acids is 3. The van der Waals surface area contributed by atoms with Crippen LogP contribution in [-0.2, 0) is 19.2 Å². The maximum Gasteiger partial charge on any atom is 0.321 e. The molecule has 6 aromatic rings. The molecule has 2 atom stereocenters. The van der Waals surface area contributed by atoms with Crippen molar-refractivity contribution in [1.82, 2.24) is 16.0 Å². The van der Waals surface area contributed by atoms with Crippen LogP contribution in [0.3, 0.4) is 0 Å². The second-order valence-electron chi connectivity index (χ2n) is 15.1. The average Bonchev–Trinajstić information content (AvgIpc) is 3.30. The number of nitrogens with two attached hydrogens (primary N) is 3. The number of aliphatic carboxylic acids is 2. The maximum atomic E-state index is 12.3. The fourth-order valence-electron chi connectivity index (χ4n) is 7.49. The molecule has 0 bridgehead atoms. The molecule has 65 heavy (non-hydrogen) atoms. The Kier molecular flexibility index (Phi) is 14.0. The maximum absolute atomic E-state index is 12.3. The molecule has 0 spiro atoms. The van der Waals surface area contributed by atoms with E-state index >= 15 is 0 Å². The van der Waals surface area contributed by atoms with E-state index in [1.54, 1.807) is 0 Å². The number of rotatable bonds is 10. The first-order valence-electron chi connectivity index (χ1n) is 20.6. The van der Waals surface area contributed by atoms with E-state index in [0.717, 1.165) is 44.9 Å². The normalized spacial score (nSPS) is 13.8. The van der Waals surface area contributed by atoms with Gasteiger partial charge in [-0.25, -0.2) is 4.79 Å². The van der Waals surface area contributed by atoms with Crippen LogP contribution in [0.2, 0.25) is 0 Å². The summed E-state index contributed by atoms with van der Waals surface area (Å²) < 4.78 is 17.5. The third-order valence-corrected chi connectivity index (χ3v) is 10.7. The van der Waals surface area contributed by atoms with Gasteiger partial charge in [-0.2, -0.15) is 0 Å². The SMILES string of the molecule is NC(=O)NC1c2ccccc2Oc2ccccc21.NC(CC(=O)NC1c2ccccc2Oc2ccccc21)C(=O)O.NC(CCC(=O)NC1c2ccccc2Oc2ccccc21)C(=O)O. The first-order valence-corrected chi connectivity index (χ1v) is 20.6. The highest BCUT2D eigenvalue weighted by Gasteiger charge is 2.31. The van der Waals surface area contributed by atoms with Crippen molar-refractivity contribution in [3.63, 3.8) is 0 Å². The van der Waals surface area contributed by atoms with Crippen LogP contribution < -0.4 is 47.4 Å². The van der Waals surface area contributed by atoms with Gasteiger partial charge in [0.2, 0.25) is 11.8 Å². The average molecular weight is 879 g/mol. The molecular weight excluding hydrogens is 833 g/mol. The zero-order valence-electron chi connectivity index (χ0n) is 34.8. The van der Waals surface area contributed by atoms with Gasteiger partial charge in [0, 0.05) is 39.8 Å². The van der Waals surface area contributed by atoms with Gasteiger partial charge in [-0.3, -0.25) is 19.2 Å². The number of urea groups is 1. The lowest BCUT2D eigenvalue weighted by atomic mass is 9.94. The molecule has 332 valence electrons.